The first kappa shape index (κ1) is 10.9. The summed E-state index contributed by atoms with van der Waals surface area (Å²) in [5.74, 6) is 1.62. The maximum atomic E-state index is 5.46. The van der Waals surface area contributed by atoms with Crippen LogP contribution >= 0.6 is 0 Å². The van der Waals surface area contributed by atoms with E-state index in [0.717, 1.165) is 29.5 Å². The number of aryl methyl sites for hydroxylation is 3. The fourth-order valence-electron chi connectivity index (χ4n) is 1.49. The van der Waals surface area contributed by atoms with Crippen molar-refractivity contribution >= 4 is 0 Å². The molecule has 0 amide bonds. The molecule has 0 bridgehead atoms. The SMILES string of the molecule is Cc1nc(CNCc2cnn(C)c2)oc1C. The number of rotatable bonds is 4. The van der Waals surface area contributed by atoms with Crippen LogP contribution in [0.5, 0.6) is 0 Å². The van der Waals surface area contributed by atoms with Crippen molar-refractivity contribution in [3.05, 3.63) is 35.3 Å². The topological polar surface area (TPSA) is 55.9 Å². The Bertz CT molecular complexity index is 453. The molecule has 1 N–H and O–H groups in total. The summed E-state index contributed by atoms with van der Waals surface area (Å²) >= 11 is 0. The zero-order chi connectivity index (χ0) is 11.5. The number of hydrogen-bond acceptors (Lipinski definition) is 4. The fourth-order valence-corrected chi connectivity index (χ4v) is 1.49. The van der Waals surface area contributed by atoms with E-state index in [-0.39, 0.29) is 0 Å². The molecule has 0 atom stereocenters. The van der Waals surface area contributed by atoms with E-state index in [4.69, 9.17) is 4.42 Å². The molecule has 0 saturated heterocycles. The Kier molecular flexibility index (Phi) is 3.05. The third kappa shape index (κ3) is 2.49. The highest BCUT2D eigenvalue weighted by molar-refractivity contribution is 5.06. The lowest BCUT2D eigenvalue weighted by atomic mass is 10.3. The van der Waals surface area contributed by atoms with Gasteiger partial charge in [0.1, 0.15) is 5.76 Å². The molecule has 0 aliphatic carbocycles. The molecule has 5 heteroatoms. The first-order valence-electron chi connectivity index (χ1n) is 5.26. The van der Waals surface area contributed by atoms with E-state index in [1.165, 1.54) is 0 Å². The summed E-state index contributed by atoms with van der Waals surface area (Å²) in [6, 6.07) is 0. The van der Waals surface area contributed by atoms with Gasteiger partial charge in [-0.05, 0) is 13.8 Å². The summed E-state index contributed by atoms with van der Waals surface area (Å²) < 4.78 is 7.25. The van der Waals surface area contributed by atoms with Gasteiger partial charge in [0, 0.05) is 25.4 Å². The van der Waals surface area contributed by atoms with Gasteiger partial charge < -0.3 is 9.73 Å². The molecular weight excluding hydrogens is 204 g/mol. The van der Waals surface area contributed by atoms with Gasteiger partial charge in [-0.1, -0.05) is 0 Å². The summed E-state index contributed by atoms with van der Waals surface area (Å²) in [6.07, 6.45) is 3.83. The van der Waals surface area contributed by atoms with Gasteiger partial charge in [0.2, 0.25) is 5.89 Å². The van der Waals surface area contributed by atoms with E-state index in [9.17, 15) is 0 Å². The van der Waals surface area contributed by atoms with Crippen molar-refractivity contribution in [3.63, 3.8) is 0 Å². The smallest absolute Gasteiger partial charge is 0.208 e. The number of oxazole rings is 1. The summed E-state index contributed by atoms with van der Waals surface area (Å²) in [4.78, 5) is 4.30. The van der Waals surface area contributed by atoms with Crippen molar-refractivity contribution in [1.82, 2.24) is 20.1 Å². The monoisotopic (exact) mass is 220 g/mol. The van der Waals surface area contributed by atoms with Crippen LogP contribution in [0.4, 0.5) is 0 Å². The standard InChI is InChI=1S/C11H16N4O/c1-8-9(2)16-11(14-8)6-12-4-10-5-13-15(3)7-10/h5,7,12H,4,6H2,1-3H3. The molecule has 0 saturated carbocycles. The van der Waals surface area contributed by atoms with Crippen LogP contribution in [0.1, 0.15) is 22.9 Å². The van der Waals surface area contributed by atoms with Gasteiger partial charge in [-0.2, -0.15) is 5.10 Å². The Balaban J connectivity index is 1.84. The van der Waals surface area contributed by atoms with Crippen molar-refractivity contribution in [2.24, 2.45) is 7.05 Å². The zero-order valence-corrected chi connectivity index (χ0v) is 9.82. The van der Waals surface area contributed by atoms with Gasteiger partial charge in [-0.15, -0.1) is 0 Å². The molecule has 16 heavy (non-hydrogen) atoms. The van der Waals surface area contributed by atoms with E-state index in [1.807, 2.05) is 33.3 Å². The van der Waals surface area contributed by atoms with E-state index >= 15 is 0 Å². The van der Waals surface area contributed by atoms with Gasteiger partial charge in [-0.25, -0.2) is 4.98 Å². The molecule has 0 aromatic carbocycles. The Labute approximate surface area is 94.5 Å². The zero-order valence-electron chi connectivity index (χ0n) is 9.82. The largest absolute Gasteiger partial charge is 0.444 e. The lowest BCUT2D eigenvalue weighted by molar-refractivity contribution is 0.448. The van der Waals surface area contributed by atoms with Crippen LogP contribution in [-0.2, 0) is 20.1 Å². The highest BCUT2D eigenvalue weighted by Crippen LogP contribution is 2.07. The maximum Gasteiger partial charge on any atom is 0.208 e. The van der Waals surface area contributed by atoms with Crippen LogP contribution < -0.4 is 5.32 Å². The van der Waals surface area contributed by atoms with E-state index in [1.54, 1.807) is 4.68 Å². The van der Waals surface area contributed by atoms with Gasteiger partial charge in [-0.3, -0.25) is 4.68 Å². The average molecular weight is 220 g/mol. The summed E-state index contributed by atoms with van der Waals surface area (Å²) in [5, 5.41) is 7.36. The molecule has 0 fully saturated rings. The van der Waals surface area contributed by atoms with Crippen molar-refractivity contribution in [2.45, 2.75) is 26.9 Å². The lowest BCUT2D eigenvalue weighted by Gasteiger charge is -1.98. The second-order valence-corrected chi connectivity index (χ2v) is 3.88. The number of hydrogen-bond donors (Lipinski definition) is 1. The Morgan fingerprint density at radius 3 is 2.75 bits per heavy atom. The van der Waals surface area contributed by atoms with Crippen molar-refractivity contribution in [2.75, 3.05) is 0 Å². The Morgan fingerprint density at radius 1 is 1.38 bits per heavy atom. The molecule has 0 aliphatic rings. The minimum absolute atomic E-state index is 0.642. The minimum Gasteiger partial charge on any atom is -0.444 e. The maximum absolute atomic E-state index is 5.46. The highest BCUT2D eigenvalue weighted by Gasteiger charge is 2.04. The van der Waals surface area contributed by atoms with E-state index < -0.39 is 0 Å². The van der Waals surface area contributed by atoms with Crippen molar-refractivity contribution in [3.8, 4) is 0 Å². The minimum atomic E-state index is 0.642. The van der Waals surface area contributed by atoms with Gasteiger partial charge in [0.05, 0.1) is 18.4 Å². The van der Waals surface area contributed by atoms with Crippen LogP contribution in [0.25, 0.3) is 0 Å². The Hall–Kier alpha value is -1.62. The van der Waals surface area contributed by atoms with Gasteiger partial charge in [0.15, 0.2) is 0 Å². The first-order chi connectivity index (χ1) is 7.65. The van der Waals surface area contributed by atoms with Crippen LogP contribution in [0.15, 0.2) is 16.8 Å². The Morgan fingerprint density at radius 2 is 2.19 bits per heavy atom. The fraction of sp³-hybridized carbons (Fsp3) is 0.455. The van der Waals surface area contributed by atoms with Crippen LogP contribution in [-0.4, -0.2) is 14.8 Å². The predicted molar refractivity (Wildman–Crippen MR) is 59.7 cm³/mol. The third-order valence-corrected chi connectivity index (χ3v) is 2.44. The van der Waals surface area contributed by atoms with Crippen LogP contribution in [0.3, 0.4) is 0 Å². The molecule has 5 nitrogen and oxygen atoms in total. The first-order valence-corrected chi connectivity index (χ1v) is 5.26. The molecule has 0 aliphatic heterocycles. The summed E-state index contributed by atoms with van der Waals surface area (Å²) in [6.45, 7) is 5.29. The predicted octanol–water partition coefficient (Wildman–Crippen LogP) is 1.31. The normalized spacial score (nSPS) is 10.9. The number of nitrogens with zero attached hydrogens (tertiary/aromatic N) is 3. The highest BCUT2D eigenvalue weighted by atomic mass is 16.4. The van der Waals surface area contributed by atoms with Crippen molar-refractivity contribution in [1.29, 1.82) is 0 Å². The van der Waals surface area contributed by atoms with Crippen molar-refractivity contribution < 1.29 is 4.42 Å². The molecule has 2 aromatic rings. The van der Waals surface area contributed by atoms with Gasteiger partial charge in [0.25, 0.3) is 0 Å². The second-order valence-electron chi connectivity index (χ2n) is 3.88. The molecule has 86 valence electrons. The second kappa shape index (κ2) is 4.49. The number of aromatic nitrogens is 3. The summed E-state index contributed by atoms with van der Waals surface area (Å²) in [5.41, 5.74) is 2.11. The molecule has 0 radical (unpaired) electrons. The molecule has 2 rings (SSSR count). The molecule has 2 heterocycles. The van der Waals surface area contributed by atoms with Crippen LogP contribution in [0, 0.1) is 13.8 Å². The molecular formula is C11H16N4O. The third-order valence-electron chi connectivity index (χ3n) is 2.44. The number of nitrogens with one attached hydrogen (secondary N) is 1. The van der Waals surface area contributed by atoms with Crippen LogP contribution in [0.2, 0.25) is 0 Å². The lowest BCUT2D eigenvalue weighted by Crippen LogP contribution is -2.12. The molecule has 0 unspecified atom stereocenters. The van der Waals surface area contributed by atoms with E-state index in [2.05, 4.69) is 15.4 Å². The van der Waals surface area contributed by atoms with Gasteiger partial charge >= 0.3 is 0 Å². The quantitative estimate of drug-likeness (QED) is 0.844. The average Bonchev–Trinajstić information content (AvgIpc) is 2.75. The molecule has 2 aromatic heterocycles. The van der Waals surface area contributed by atoms with E-state index in [0.29, 0.717) is 6.54 Å². The molecule has 0 spiro atoms. The summed E-state index contributed by atoms with van der Waals surface area (Å²) in [7, 11) is 1.91.